The first-order chi connectivity index (χ1) is 15.5. The molecule has 0 bridgehead atoms. The van der Waals surface area contributed by atoms with Crippen LogP contribution in [0.25, 0.3) is 11.4 Å². The molecule has 166 valence electrons. The van der Waals surface area contributed by atoms with Gasteiger partial charge in [0, 0.05) is 24.9 Å². The van der Waals surface area contributed by atoms with Gasteiger partial charge in [-0.05, 0) is 43.9 Å². The van der Waals surface area contributed by atoms with Crippen LogP contribution in [-0.2, 0) is 17.7 Å². The van der Waals surface area contributed by atoms with Gasteiger partial charge in [-0.3, -0.25) is 4.79 Å². The van der Waals surface area contributed by atoms with Crippen molar-refractivity contribution in [3.05, 3.63) is 63.4 Å². The van der Waals surface area contributed by atoms with Crippen molar-refractivity contribution in [1.82, 2.24) is 24.6 Å². The maximum atomic E-state index is 14.1. The zero-order chi connectivity index (χ0) is 22.2. The lowest BCUT2D eigenvalue weighted by Gasteiger charge is -2.30. The molecule has 10 heteroatoms. The quantitative estimate of drug-likeness (QED) is 0.514. The lowest BCUT2D eigenvalue weighted by Crippen LogP contribution is -2.37. The van der Waals surface area contributed by atoms with E-state index in [0.717, 1.165) is 48.5 Å². The number of rotatable bonds is 3. The van der Waals surface area contributed by atoms with Gasteiger partial charge in [0.1, 0.15) is 6.33 Å². The number of fused-ring (bicyclic) bond motifs is 1. The molecule has 4 heterocycles. The summed E-state index contributed by atoms with van der Waals surface area (Å²) < 4.78 is 21.9. The Morgan fingerprint density at radius 2 is 2.06 bits per heavy atom. The molecule has 0 aliphatic carbocycles. The maximum Gasteiger partial charge on any atom is 0.255 e. The summed E-state index contributed by atoms with van der Waals surface area (Å²) in [7, 11) is 0. The third-order valence-electron chi connectivity index (χ3n) is 5.90. The van der Waals surface area contributed by atoms with Gasteiger partial charge in [-0.1, -0.05) is 23.2 Å². The minimum atomic E-state index is -0.792. The predicted octanol–water partition coefficient (Wildman–Crippen LogP) is 4.68. The van der Waals surface area contributed by atoms with E-state index in [4.69, 9.17) is 27.9 Å². The number of nitrogens with zero attached hydrogens (tertiary/aromatic N) is 5. The SMILES string of the molecule is O=C(c1ccc(Cl)c(F)c1Cl)N1CCc2c(ncnc2-c2ccnn2C2CCCCO2)C1. The normalized spacial score (nSPS) is 18.5. The van der Waals surface area contributed by atoms with Crippen LogP contribution >= 0.6 is 23.2 Å². The summed E-state index contributed by atoms with van der Waals surface area (Å²) in [6.07, 6.45) is 6.75. The Balaban J connectivity index is 1.43. The van der Waals surface area contributed by atoms with Crippen LogP contribution in [0.3, 0.4) is 0 Å². The van der Waals surface area contributed by atoms with Crippen LogP contribution in [0.2, 0.25) is 10.0 Å². The van der Waals surface area contributed by atoms with E-state index in [1.807, 2.05) is 10.7 Å². The van der Waals surface area contributed by atoms with Crippen molar-refractivity contribution in [2.45, 2.75) is 38.5 Å². The van der Waals surface area contributed by atoms with Gasteiger partial charge in [-0.2, -0.15) is 5.10 Å². The number of ether oxygens (including phenoxy) is 1. The third kappa shape index (κ3) is 3.76. The number of carbonyl (C=O) groups is 1. The molecule has 0 saturated carbocycles. The Morgan fingerprint density at radius 3 is 2.88 bits per heavy atom. The standard InChI is InChI=1S/C22H20Cl2FN5O2/c23-15-5-4-14(19(24)20(15)25)22(31)29-9-7-13-16(11-29)26-12-27-21(13)17-6-8-28-30(17)18-3-1-2-10-32-18/h4-6,8,12,18H,1-3,7,9-11H2. The molecule has 32 heavy (non-hydrogen) atoms. The molecule has 1 saturated heterocycles. The molecule has 2 aliphatic rings. The maximum absolute atomic E-state index is 14.1. The number of halogens is 3. The van der Waals surface area contributed by atoms with Gasteiger partial charge >= 0.3 is 0 Å². The Morgan fingerprint density at radius 1 is 1.19 bits per heavy atom. The molecule has 2 aromatic heterocycles. The fraction of sp³-hybridized carbons (Fsp3) is 0.364. The third-order valence-corrected chi connectivity index (χ3v) is 6.56. The van der Waals surface area contributed by atoms with E-state index in [1.165, 1.54) is 18.5 Å². The van der Waals surface area contributed by atoms with E-state index in [9.17, 15) is 9.18 Å². The van der Waals surface area contributed by atoms with Gasteiger partial charge in [0.25, 0.3) is 5.91 Å². The van der Waals surface area contributed by atoms with Crippen molar-refractivity contribution in [2.75, 3.05) is 13.2 Å². The summed E-state index contributed by atoms with van der Waals surface area (Å²) in [5.74, 6) is -1.16. The minimum Gasteiger partial charge on any atom is -0.356 e. The highest BCUT2D eigenvalue weighted by Gasteiger charge is 2.29. The number of benzene rings is 1. The molecule has 0 spiro atoms. The fourth-order valence-electron chi connectivity index (χ4n) is 4.26. The molecule has 7 nitrogen and oxygen atoms in total. The molecule has 1 atom stereocenters. The molecule has 5 rings (SSSR count). The smallest absolute Gasteiger partial charge is 0.255 e. The second kappa shape index (κ2) is 8.77. The molecular weight excluding hydrogens is 456 g/mol. The van der Waals surface area contributed by atoms with Crippen LogP contribution in [0, 0.1) is 5.82 Å². The highest BCUT2D eigenvalue weighted by Crippen LogP contribution is 2.33. The predicted molar refractivity (Wildman–Crippen MR) is 117 cm³/mol. The van der Waals surface area contributed by atoms with Gasteiger partial charge in [0.05, 0.1) is 39.2 Å². The lowest BCUT2D eigenvalue weighted by molar-refractivity contribution is -0.0384. The summed E-state index contributed by atoms with van der Waals surface area (Å²) >= 11 is 11.8. The van der Waals surface area contributed by atoms with Gasteiger partial charge in [-0.15, -0.1) is 0 Å². The van der Waals surface area contributed by atoms with Crippen LogP contribution < -0.4 is 0 Å². The van der Waals surface area contributed by atoms with Gasteiger partial charge < -0.3 is 9.64 Å². The average molecular weight is 476 g/mol. The molecule has 0 N–H and O–H groups in total. The van der Waals surface area contributed by atoms with Crippen molar-refractivity contribution < 1.29 is 13.9 Å². The first-order valence-corrected chi connectivity index (χ1v) is 11.2. The number of carbonyl (C=O) groups excluding carboxylic acids is 1. The van der Waals surface area contributed by atoms with E-state index in [-0.39, 0.29) is 34.3 Å². The Bertz CT molecular complexity index is 1180. The highest BCUT2D eigenvalue weighted by molar-refractivity contribution is 6.37. The van der Waals surface area contributed by atoms with Crippen molar-refractivity contribution in [1.29, 1.82) is 0 Å². The van der Waals surface area contributed by atoms with Crippen LogP contribution in [-0.4, -0.2) is 43.7 Å². The number of amides is 1. The van der Waals surface area contributed by atoms with Gasteiger partial charge in [-0.25, -0.2) is 19.0 Å². The molecule has 1 fully saturated rings. The second-order valence-electron chi connectivity index (χ2n) is 7.83. The van der Waals surface area contributed by atoms with Crippen molar-refractivity contribution >= 4 is 29.1 Å². The van der Waals surface area contributed by atoms with E-state index in [0.29, 0.717) is 13.0 Å². The Labute approximate surface area is 194 Å². The molecule has 1 amide bonds. The summed E-state index contributed by atoms with van der Waals surface area (Å²) in [4.78, 5) is 23.6. The molecular formula is C22H20Cl2FN5O2. The van der Waals surface area contributed by atoms with Crippen molar-refractivity contribution in [2.24, 2.45) is 0 Å². The monoisotopic (exact) mass is 475 g/mol. The Kier molecular flexibility index (Phi) is 5.84. The van der Waals surface area contributed by atoms with Crippen LogP contribution in [0.5, 0.6) is 0 Å². The zero-order valence-corrected chi connectivity index (χ0v) is 18.6. The van der Waals surface area contributed by atoms with E-state index >= 15 is 0 Å². The van der Waals surface area contributed by atoms with E-state index in [2.05, 4.69) is 15.1 Å². The molecule has 3 aromatic rings. The second-order valence-corrected chi connectivity index (χ2v) is 8.61. The molecule has 2 aliphatic heterocycles. The van der Waals surface area contributed by atoms with E-state index in [1.54, 1.807) is 11.1 Å². The van der Waals surface area contributed by atoms with Crippen molar-refractivity contribution in [3.63, 3.8) is 0 Å². The number of aromatic nitrogens is 4. The van der Waals surface area contributed by atoms with Crippen LogP contribution in [0.1, 0.15) is 47.1 Å². The first-order valence-electron chi connectivity index (χ1n) is 10.5. The van der Waals surface area contributed by atoms with Crippen LogP contribution in [0.15, 0.2) is 30.7 Å². The average Bonchev–Trinajstić information content (AvgIpc) is 3.32. The summed E-state index contributed by atoms with van der Waals surface area (Å²) in [6.45, 7) is 1.43. The van der Waals surface area contributed by atoms with Gasteiger partial charge in [0.15, 0.2) is 12.0 Å². The Hall–Kier alpha value is -2.55. The summed E-state index contributed by atoms with van der Waals surface area (Å²) in [5.41, 5.74) is 3.47. The first kappa shape index (κ1) is 21.3. The lowest BCUT2D eigenvalue weighted by atomic mass is 10.00. The largest absolute Gasteiger partial charge is 0.356 e. The topological polar surface area (TPSA) is 73.1 Å². The fourth-order valence-corrected chi connectivity index (χ4v) is 4.71. The molecule has 1 unspecified atom stereocenters. The number of hydrogen-bond donors (Lipinski definition) is 0. The molecule has 0 radical (unpaired) electrons. The summed E-state index contributed by atoms with van der Waals surface area (Å²) in [5, 5.41) is 4.09. The number of hydrogen-bond acceptors (Lipinski definition) is 5. The highest BCUT2D eigenvalue weighted by atomic mass is 35.5. The minimum absolute atomic E-state index is 0.0822. The van der Waals surface area contributed by atoms with Gasteiger partial charge in [0.2, 0.25) is 0 Å². The summed E-state index contributed by atoms with van der Waals surface area (Å²) in [6, 6.07) is 4.71. The van der Waals surface area contributed by atoms with E-state index < -0.39 is 5.82 Å². The van der Waals surface area contributed by atoms with Crippen molar-refractivity contribution in [3.8, 4) is 11.4 Å². The molecule has 1 aromatic carbocycles. The zero-order valence-electron chi connectivity index (χ0n) is 17.1. The van der Waals surface area contributed by atoms with Crippen LogP contribution in [0.4, 0.5) is 4.39 Å².